The highest BCUT2D eigenvalue weighted by Crippen LogP contribution is 2.24. The quantitative estimate of drug-likeness (QED) is 0.790. The number of nitrogens with one attached hydrogen (secondary N) is 1. The molecule has 0 saturated carbocycles. The van der Waals surface area contributed by atoms with Crippen molar-refractivity contribution in [3.63, 3.8) is 0 Å². The molecule has 0 spiro atoms. The highest BCUT2D eigenvalue weighted by molar-refractivity contribution is 7.98. The van der Waals surface area contributed by atoms with Crippen molar-refractivity contribution in [3.05, 3.63) is 23.9 Å². The summed E-state index contributed by atoms with van der Waals surface area (Å²) >= 11 is 1.39. The number of aliphatic carboxylic acids is 1. The molecule has 1 amide bonds. The Hall–Kier alpha value is -1.56. The minimum absolute atomic E-state index is 0.105. The van der Waals surface area contributed by atoms with E-state index >= 15 is 0 Å². The Balaban J connectivity index is 2.72. The Labute approximate surface area is 129 Å². The van der Waals surface area contributed by atoms with Gasteiger partial charge in [0.1, 0.15) is 5.03 Å². The van der Waals surface area contributed by atoms with Crippen LogP contribution in [0.1, 0.15) is 37.6 Å². The molecule has 0 fully saturated rings. The van der Waals surface area contributed by atoms with Crippen LogP contribution in [0.2, 0.25) is 0 Å². The molecule has 0 saturated heterocycles. The van der Waals surface area contributed by atoms with E-state index in [1.807, 2.05) is 27.0 Å². The van der Waals surface area contributed by atoms with E-state index < -0.39 is 11.9 Å². The Morgan fingerprint density at radius 2 is 2.10 bits per heavy atom. The van der Waals surface area contributed by atoms with E-state index in [1.54, 1.807) is 18.3 Å². The summed E-state index contributed by atoms with van der Waals surface area (Å²) in [4.78, 5) is 27.6. The van der Waals surface area contributed by atoms with Gasteiger partial charge >= 0.3 is 5.97 Å². The average molecular weight is 310 g/mol. The Kier molecular flexibility index (Phi) is 6.20. The second kappa shape index (κ2) is 7.45. The zero-order chi connectivity index (χ0) is 16.0. The zero-order valence-corrected chi connectivity index (χ0v) is 13.7. The maximum atomic E-state index is 12.2. The minimum atomic E-state index is -0.887. The van der Waals surface area contributed by atoms with Gasteiger partial charge in [0, 0.05) is 12.7 Å². The summed E-state index contributed by atoms with van der Waals surface area (Å²) in [6.07, 6.45) is 3.98. The summed E-state index contributed by atoms with van der Waals surface area (Å²) in [5.41, 5.74) is 0.372. The topological polar surface area (TPSA) is 79.3 Å². The first-order valence-corrected chi connectivity index (χ1v) is 7.97. The van der Waals surface area contributed by atoms with Crippen LogP contribution in [0.4, 0.5) is 0 Å². The lowest BCUT2D eigenvalue weighted by molar-refractivity contribution is -0.142. The normalized spacial score (nSPS) is 12.8. The summed E-state index contributed by atoms with van der Waals surface area (Å²) in [5.74, 6) is -1.77. The molecule has 5 nitrogen and oxygen atoms in total. The SMILES string of the molecule is CSc1ncccc1C(=O)NCC(CC(C)(C)C)C(=O)O. The molecule has 1 aromatic rings. The third-order valence-corrected chi connectivity index (χ3v) is 3.64. The van der Waals surface area contributed by atoms with E-state index in [9.17, 15) is 14.7 Å². The first-order valence-electron chi connectivity index (χ1n) is 6.74. The van der Waals surface area contributed by atoms with Crippen LogP contribution in [-0.2, 0) is 4.79 Å². The summed E-state index contributed by atoms with van der Waals surface area (Å²) in [6.45, 7) is 6.07. The van der Waals surface area contributed by atoms with Crippen LogP contribution in [0, 0.1) is 11.3 Å². The lowest BCUT2D eigenvalue weighted by Gasteiger charge is -2.23. The van der Waals surface area contributed by atoms with E-state index in [1.165, 1.54) is 11.8 Å². The van der Waals surface area contributed by atoms with Crippen LogP contribution in [0.25, 0.3) is 0 Å². The number of thioether (sulfide) groups is 1. The molecule has 1 atom stereocenters. The monoisotopic (exact) mass is 310 g/mol. The standard InChI is InChI=1S/C15H22N2O3S/c1-15(2,3)8-10(14(19)20)9-17-12(18)11-6-5-7-16-13(11)21-4/h5-7,10H,8-9H2,1-4H3,(H,17,18)(H,19,20). The molecular formula is C15H22N2O3S. The van der Waals surface area contributed by atoms with Gasteiger partial charge in [0.05, 0.1) is 11.5 Å². The minimum Gasteiger partial charge on any atom is -0.481 e. The summed E-state index contributed by atoms with van der Waals surface area (Å²) < 4.78 is 0. The highest BCUT2D eigenvalue weighted by Gasteiger charge is 2.25. The van der Waals surface area contributed by atoms with Gasteiger partial charge in [-0.3, -0.25) is 9.59 Å². The summed E-state index contributed by atoms with van der Waals surface area (Å²) in [6, 6.07) is 3.38. The molecule has 2 N–H and O–H groups in total. The molecule has 1 aromatic heterocycles. The number of aromatic nitrogens is 1. The van der Waals surface area contributed by atoms with E-state index in [0.717, 1.165) is 0 Å². The van der Waals surface area contributed by atoms with Crippen LogP contribution >= 0.6 is 11.8 Å². The molecule has 116 valence electrons. The van der Waals surface area contributed by atoms with Crippen molar-refractivity contribution in [2.75, 3.05) is 12.8 Å². The number of nitrogens with zero attached hydrogens (tertiary/aromatic N) is 1. The van der Waals surface area contributed by atoms with E-state index in [-0.39, 0.29) is 17.9 Å². The van der Waals surface area contributed by atoms with Gasteiger partial charge in [-0.1, -0.05) is 20.8 Å². The molecule has 1 unspecified atom stereocenters. The van der Waals surface area contributed by atoms with Crippen molar-refractivity contribution in [1.29, 1.82) is 0 Å². The molecule has 0 aliphatic heterocycles. The number of hydrogen-bond donors (Lipinski definition) is 2. The first-order chi connectivity index (χ1) is 9.74. The summed E-state index contributed by atoms with van der Waals surface area (Å²) in [7, 11) is 0. The third kappa shape index (κ3) is 5.75. The van der Waals surface area contributed by atoms with Gasteiger partial charge in [0.25, 0.3) is 5.91 Å². The van der Waals surface area contributed by atoms with Gasteiger partial charge in [-0.25, -0.2) is 4.98 Å². The number of carbonyl (C=O) groups excluding carboxylic acids is 1. The number of pyridine rings is 1. The molecule has 0 radical (unpaired) electrons. The second-order valence-corrected chi connectivity index (χ2v) is 6.87. The van der Waals surface area contributed by atoms with Crippen molar-refractivity contribution in [3.8, 4) is 0 Å². The summed E-state index contributed by atoms with van der Waals surface area (Å²) in [5, 5.41) is 12.6. The van der Waals surface area contributed by atoms with Gasteiger partial charge in [0.15, 0.2) is 0 Å². The van der Waals surface area contributed by atoms with Gasteiger partial charge in [-0.2, -0.15) is 0 Å². The Bertz CT molecular complexity index is 512. The molecule has 6 heteroatoms. The van der Waals surface area contributed by atoms with E-state index in [2.05, 4.69) is 10.3 Å². The van der Waals surface area contributed by atoms with Crippen LogP contribution in [0.5, 0.6) is 0 Å². The fraction of sp³-hybridized carbons (Fsp3) is 0.533. The van der Waals surface area contributed by atoms with Crippen molar-refractivity contribution >= 4 is 23.6 Å². The molecule has 0 bridgehead atoms. The van der Waals surface area contributed by atoms with Crippen LogP contribution < -0.4 is 5.32 Å². The van der Waals surface area contributed by atoms with Crippen LogP contribution in [0.3, 0.4) is 0 Å². The maximum Gasteiger partial charge on any atom is 0.308 e. The van der Waals surface area contributed by atoms with Crippen molar-refractivity contribution < 1.29 is 14.7 Å². The number of carbonyl (C=O) groups is 2. The third-order valence-electron chi connectivity index (χ3n) is 2.93. The van der Waals surface area contributed by atoms with Crippen LogP contribution in [-0.4, -0.2) is 34.8 Å². The van der Waals surface area contributed by atoms with Gasteiger partial charge in [0.2, 0.25) is 0 Å². The number of hydrogen-bond acceptors (Lipinski definition) is 4. The number of amides is 1. The maximum absolute atomic E-state index is 12.2. The number of carboxylic acid groups (broad SMARTS) is 1. The fourth-order valence-corrected chi connectivity index (χ4v) is 2.57. The molecule has 0 aromatic carbocycles. The van der Waals surface area contributed by atoms with Crippen molar-refractivity contribution in [1.82, 2.24) is 10.3 Å². The Morgan fingerprint density at radius 3 is 2.62 bits per heavy atom. The predicted octanol–water partition coefficient (Wildman–Crippen LogP) is 2.67. The Morgan fingerprint density at radius 1 is 1.43 bits per heavy atom. The van der Waals surface area contributed by atoms with Crippen LogP contribution in [0.15, 0.2) is 23.4 Å². The highest BCUT2D eigenvalue weighted by atomic mass is 32.2. The molecular weight excluding hydrogens is 288 g/mol. The number of carboxylic acids is 1. The second-order valence-electron chi connectivity index (χ2n) is 6.07. The lowest BCUT2D eigenvalue weighted by atomic mass is 9.84. The zero-order valence-electron chi connectivity index (χ0n) is 12.8. The fourth-order valence-electron chi connectivity index (χ4n) is 2.02. The molecule has 21 heavy (non-hydrogen) atoms. The van der Waals surface area contributed by atoms with E-state index in [0.29, 0.717) is 17.0 Å². The molecule has 0 aliphatic rings. The molecule has 1 heterocycles. The van der Waals surface area contributed by atoms with Gasteiger partial charge in [-0.15, -0.1) is 11.8 Å². The van der Waals surface area contributed by atoms with Crippen molar-refractivity contribution in [2.24, 2.45) is 11.3 Å². The number of rotatable bonds is 6. The van der Waals surface area contributed by atoms with Crippen molar-refractivity contribution in [2.45, 2.75) is 32.2 Å². The first kappa shape index (κ1) is 17.5. The lowest BCUT2D eigenvalue weighted by Crippen LogP contribution is -2.35. The predicted molar refractivity (Wildman–Crippen MR) is 83.5 cm³/mol. The smallest absolute Gasteiger partial charge is 0.308 e. The van der Waals surface area contributed by atoms with Gasteiger partial charge < -0.3 is 10.4 Å². The average Bonchev–Trinajstić information content (AvgIpc) is 2.41. The van der Waals surface area contributed by atoms with E-state index in [4.69, 9.17) is 0 Å². The molecule has 1 rings (SSSR count). The largest absolute Gasteiger partial charge is 0.481 e. The molecule has 0 aliphatic carbocycles. The van der Waals surface area contributed by atoms with Gasteiger partial charge in [-0.05, 0) is 30.2 Å².